The largest absolute Gasteiger partial charge is 0.437 e. The second kappa shape index (κ2) is 7.68. The molecule has 2 aliphatic heterocycles. The van der Waals surface area contributed by atoms with Gasteiger partial charge in [0, 0.05) is 29.2 Å². The molecule has 4 aromatic rings. The van der Waals surface area contributed by atoms with E-state index in [0.717, 1.165) is 27.8 Å². The smallest absolute Gasteiger partial charge is 0.334 e. The summed E-state index contributed by atoms with van der Waals surface area (Å²) >= 11 is 0. The number of ketones is 2. The molecular formula is C36H27NO4. The highest BCUT2D eigenvalue weighted by Gasteiger charge is 2.83. The van der Waals surface area contributed by atoms with Crippen LogP contribution in [-0.2, 0) is 30.4 Å². The van der Waals surface area contributed by atoms with E-state index in [1.807, 2.05) is 96.9 Å². The van der Waals surface area contributed by atoms with Crippen LogP contribution in [0.3, 0.4) is 0 Å². The molecule has 10 rings (SSSR count). The van der Waals surface area contributed by atoms with Gasteiger partial charge in [-0.05, 0) is 34.9 Å². The molecule has 0 radical (unpaired) electrons. The fourth-order valence-electron chi connectivity index (χ4n) is 9.56. The van der Waals surface area contributed by atoms with Crippen molar-refractivity contribution >= 4 is 17.5 Å². The molecule has 0 N–H and O–H groups in total. The van der Waals surface area contributed by atoms with Crippen LogP contribution in [0.2, 0.25) is 0 Å². The quantitative estimate of drug-likeness (QED) is 0.331. The van der Waals surface area contributed by atoms with Crippen molar-refractivity contribution in [2.45, 2.75) is 23.1 Å². The normalized spacial score (nSPS) is 35.9. The van der Waals surface area contributed by atoms with Crippen LogP contribution >= 0.6 is 0 Å². The summed E-state index contributed by atoms with van der Waals surface area (Å²) in [6.45, 7) is 0. The Morgan fingerprint density at radius 1 is 0.561 bits per heavy atom. The SMILES string of the molecule is CN1[C@]2(c3ccccc3)C(=O)O[C@@]1(c1ccccc1)[C@H]1C(=O)[C@@H]3C4c5ccccc5C(c5ccccc54)[C@@H]3C(=O)[C@@H]12. The van der Waals surface area contributed by atoms with Crippen LogP contribution in [0.25, 0.3) is 0 Å². The zero-order valence-corrected chi connectivity index (χ0v) is 22.4. The van der Waals surface area contributed by atoms with Gasteiger partial charge in [-0.3, -0.25) is 9.59 Å². The summed E-state index contributed by atoms with van der Waals surface area (Å²) < 4.78 is 6.40. The number of hydrogen-bond acceptors (Lipinski definition) is 5. The van der Waals surface area contributed by atoms with Crippen molar-refractivity contribution < 1.29 is 19.1 Å². The number of carbonyl (C=O) groups excluding carboxylic acids is 3. The topological polar surface area (TPSA) is 63.7 Å². The Labute approximate surface area is 237 Å². The van der Waals surface area contributed by atoms with E-state index in [1.165, 1.54) is 0 Å². The fourth-order valence-corrected chi connectivity index (χ4v) is 9.56. The van der Waals surface area contributed by atoms with Gasteiger partial charge in [-0.25, -0.2) is 9.69 Å². The van der Waals surface area contributed by atoms with Crippen LogP contribution in [0, 0.1) is 23.7 Å². The van der Waals surface area contributed by atoms with Gasteiger partial charge in [-0.15, -0.1) is 0 Å². The molecule has 41 heavy (non-hydrogen) atoms. The lowest BCUT2D eigenvalue weighted by Crippen LogP contribution is -2.63. The van der Waals surface area contributed by atoms with E-state index in [1.54, 1.807) is 0 Å². The average Bonchev–Trinajstić information content (AvgIpc) is 3.40. The Kier molecular flexibility index (Phi) is 4.38. The van der Waals surface area contributed by atoms with Crippen molar-refractivity contribution in [1.29, 1.82) is 0 Å². The molecule has 0 amide bonds. The molecule has 2 saturated heterocycles. The minimum atomic E-state index is -1.39. The van der Waals surface area contributed by atoms with Crippen molar-refractivity contribution in [3.63, 3.8) is 0 Å². The Bertz CT molecular complexity index is 1750. The molecule has 5 heteroatoms. The molecule has 2 heterocycles. The summed E-state index contributed by atoms with van der Waals surface area (Å²) in [6, 6.07) is 35.5. The lowest BCUT2D eigenvalue weighted by atomic mass is 9.46. The maximum atomic E-state index is 15.2. The zero-order chi connectivity index (χ0) is 27.7. The van der Waals surface area contributed by atoms with Gasteiger partial charge in [0.1, 0.15) is 11.6 Å². The summed E-state index contributed by atoms with van der Waals surface area (Å²) in [7, 11) is 1.85. The molecule has 5 nitrogen and oxygen atoms in total. The average molecular weight is 538 g/mol. The van der Waals surface area contributed by atoms with Crippen LogP contribution in [0.4, 0.5) is 0 Å². The van der Waals surface area contributed by atoms with Gasteiger partial charge in [0.05, 0.1) is 11.8 Å². The highest BCUT2D eigenvalue weighted by Crippen LogP contribution is 2.71. The summed E-state index contributed by atoms with van der Waals surface area (Å²) in [5.41, 5.74) is 3.18. The summed E-state index contributed by atoms with van der Waals surface area (Å²) in [6.07, 6.45) is 0. The van der Waals surface area contributed by atoms with Crippen molar-refractivity contribution in [2.24, 2.45) is 23.7 Å². The molecule has 200 valence electrons. The molecule has 6 atom stereocenters. The molecule has 4 bridgehead atoms. The van der Waals surface area contributed by atoms with E-state index in [-0.39, 0.29) is 23.4 Å². The van der Waals surface area contributed by atoms with Gasteiger partial charge in [0.2, 0.25) is 5.72 Å². The third-order valence-electron chi connectivity index (χ3n) is 10.9. The van der Waals surface area contributed by atoms with E-state index < -0.39 is 40.9 Å². The molecular weight excluding hydrogens is 510 g/mol. The van der Waals surface area contributed by atoms with E-state index in [9.17, 15) is 4.79 Å². The van der Waals surface area contributed by atoms with Crippen molar-refractivity contribution in [2.75, 3.05) is 7.05 Å². The van der Waals surface area contributed by atoms with Crippen LogP contribution in [0.15, 0.2) is 109 Å². The molecule has 3 fully saturated rings. The van der Waals surface area contributed by atoms with Crippen LogP contribution < -0.4 is 0 Å². The second-order valence-electron chi connectivity index (χ2n) is 12.2. The number of fused-ring (bicyclic) bond motifs is 5. The molecule has 1 saturated carbocycles. The zero-order valence-electron chi connectivity index (χ0n) is 22.4. The number of rotatable bonds is 2. The maximum Gasteiger partial charge on any atom is 0.334 e. The molecule has 6 aliphatic rings. The highest BCUT2D eigenvalue weighted by atomic mass is 16.6. The minimum Gasteiger partial charge on any atom is -0.437 e. The number of likely N-dealkylation sites (N-methyl/N-ethyl adjacent to an activating group) is 1. The van der Waals surface area contributed by atoms with Crippen LogP contribution in [0.5, 0.6) is 0 Å². The van der Waals surface area contributed by atoms with E-state index in [2.05, 4.69) is 24.3 Å². The van der Waals surface area contributed by atoms with Crippen molar-refractivity contribution in [3.05, 3.63) is 143 Å². The Balaban J connectivity index is 1.34. The minimum absolute atomic E-state index is 0.00349. The van der Waals surface area contributed by atoms with Gasteiger partial charge in [-0.1, -0.05) is 109 Å². The molecule has 4 aliphatic carbocycles. The summed E-state index contributed by atoms with van der Waals surface area (Å²) in [5, 5.41) is 0. The van der Waals surface area contributed by atoms with Gasteiger partial charge in [0.25, 0.3) is 0 Å². The number of hydrogen-bond donors (Lipinski definition) is 0. The number of nitrogens with zero attached hydrogens (tertiary/aromatic N) is 1. The first-order valence-corrected chi connectivity index (χ1v) is 14.4. The molecule has 0 unspecified atom stereocenters. The highest BCUT2D eigenvalue weighted by molar-refractivity contribution is 6.09. The molecule has 0 aromatic heterocycles. The first kappa shape index (κ1) is 23.4. The maximum absolute atomic E-state index is 15.2. The Morgan fingerprint density at radius 3 is 1.46 bits per heavy atom. The Hall–Kier alpha value is -4.35. The lowest BCUT2D eigenvalue weighted by Gasteiger charge is -2.55. The van der Waals surface area contributed by atoms with Crippen molar-refractivity contribution in [3.8, 4) is 0 Å². The number of esters is 1. The van der Waals surface area contributed by atoms with E-state index >= 15 is 9.59 Å². The number of benzene rings is 4. The monoisotopic (exact) mass is 537 g/mol. The number of Topliss-reactive ketones (excluding diaryl/α,β-unsaturated/α-hetero) is 2. The summed E-state index contributed by atoms with van der Waals surface area (Å²) in [5.74, 6) is -3.60. The second-order valence-corrected chi connectivity index (χ2v) is 12.2. The fraction of sp³-hybridized carbons (Fsp3) is 0.250. The van der Waals surface area contributed by atoms with E-state index in [4.69, 9.17) is 4.74 Å². The Morgan fingerprint density at radius 2 is 0.976 bits per heavy atom. The third-order valence-corrected chi connectivity index (χ3v) is 10.9. The third kappa shape index (κ3) is 2.44. The standard InChI is InChI=1S/C36H27NO4/c1-37-35(20-12-4-2-5-13-20)30-31(36(37,41-34(35)40)21-14-6-3-7-15-21)33(39)29-27-24-18-10-8-16-22(24)26(28(29)32(30)38)23-17-9-11-19-25(23)27/h2-19,26-31H,1H3/t26?,27?,28-,29+,30+,31+,35-,36-/m0/s1. The number of carbonyl (C=O) groups is 3. The first-order chi connectivity index (χ1) is 20.0. The van der Waals surface area contributed by atoms with Gasteiger partial charge in [0.15, 0.2) is 5.54 Å². The van der Waals surface area contributed by atoms with E-state index in [0.29, 0.717) is 5.56 Å². The first-order valence-electron chi connectivity index (χ1n) is 14.4. The van der Waals surface area contributed by atoms with Crippen LogP contribution in [0.1, 0.15) is 45.2 Å². The van der Waals surface area contributed by atoms with Crippen LogP contribution in [-0.4, -0.2) is 29.5 Å². The number of ether oxygens (including phenoxy) is 1. The molecule has 0 spiro atoms. The predicted molar refractivity (Wildman–Crippen MR) is 151 cm³/mol. The summed E-state index contributed by atoms with van der Waals surface area (Å²) in [4.78, 5) is 46.6. The predicted octanol–water partition coefficient (Wildman–Crippen LogP) is 5.14. The molecule has 4 aromatic carbocycles. The van der Waals surface area contributed by atoms with Crippen molar-refractivity contribution in [1.82, 2.24) is 4.90 Å². The van der Waals surface area contributed by atoms with Gasteiger partial charge < -0.3 is 4.74 Å². The lowest BCUT2D eigenvalue weighted by molar-refractivity contribution is -0.186. The van der Waals surface area contributed by atoms with Gasteiger partial charge >= 0.3 is 5.97 Å². The van der Waals surface area contributed by atoms with Gasteiger partial charge in [-0.2, -0.15) is 0 Å².